The van der Waals surface area contributed by atoms with Crippen LogP contribution in [0.15, 0.2) is 0 Å². The molecule has 1 aliphatic rings. The van der Waals surface area contributed by atoms with Crippen LogP contribution in [-0.2, 0) is 9.84 Å². The average Bonchev–Trinajstić information content (AvgIpc) is 2.01. The van der Waals surface area contributed by atoms with Gasteiger partial charge in [-0.3, -0.25) is 4.90 Å². The van der Waals surface area contributed by atoms with Gasteiger partial charge in [-0.25, -0.2) is 8.42 Å². The van der Waals surface area contributed by atoms with Crippen molar-refractivity contribution in [2.45, 2.75) is 25.9 Å². The lowest BCUT2D eigenvalue weighted by molar-refractivity contribution is 0.109. The summed E-state index contributed by atoms with van der Waals surface area (Å²) in [4.78, 5) is 2.04. The Morgan fingerprint density at radius 3 is 2.62 bits per heavy atom. The Kier molecular flexibility index (Phi) is 3.32. The van der Waals surface area contributed by atoms with E-state index in [1.165, 1.54) is 0 Å². The van der Waals surface area contributed by atoms with Crippen LogP contribution >= 0.6 is 0 Å². The van der Waals surface area contributed by atoms with Crippen LogP contribution in [0.5, 0.6) is 0 Å². The number of aliphatic hydroxyl groups is 1. The van der Waals surface area contributed by atoms with E-state index in [2.05, 4.69) is 0 Å². The van der Waals surface area contributed by atoms with Crippen LogP contribution in [0.25, 0.3) is 0 Å². The number of aliphatic hydroxyl groups excluding tert-OH is 1. The SMILES string of the molecule is CC(C)N1CCS(=O)(=O)C[C@@H]1CO. The number of rotatable bonds is 2. The lowest BCUT2D eigenvalue weighted by Crippen LogP contribution is -2.52. The van der Waals surface area contributed by atoms with Crippen molar-refractivity contribution < 1.29 is 13.5 Å². The summed E-state index contributed by atoms with van der Waals surface area (Å²) in [5.41, 5.74) is 0. The maximum absolute atomic E-state index is 11.3. The highest BCUT2D eigenvalue weighted by Crippen LogP contribution is 2.14. The molecule has 1 N–H and O–H groups in total. The molecule has 1 heterocycles. The predicted molar refractivity (Wildman–Crippen MR) is 51.4 cm³/mol. The van der Waals surface area contributed by atoms with Crippen LogP contribution in [0.4, 0.5) is 0 Å². The monoisotopic (exact) mass is 207 g/mol. The minimum Gasteiger partial charge on any atom is -0.395 e. The van der Waals surface area contributed by atoms with Gasteiger partial charge in [-0.2, -0.15) is 0 Å². The van der Waals surface area contributed by atoms with Crippen molar-refractivity contribution in [3.63, 3.8) is 0 Å². The van der Waals surface area contributed by atoms with Crippen molar-refractivity contribution in [3.05, 3.63) is 0 Å². The van der Waals surface area contributed by atoms with E-state index >= 15 is 0 Å². The maximum atomic E-state index is 11.3. The zero-order valence-electron chi connectivity index (χ0n) is 8.10. The van der Waals surface area contributed by atoms with Crippen molar-refractivity contribution in [1.29, 1.82) is 0 Å². The highest BCUT2D eigenvalue weighted by atomic mass is 32.2. The molecular formula is C8H17NO3S. The maximum Gasteiger partial charge on any atom is 0.153 e. The summed E-state index contributed by atoms with van der Waals surface area (Å²) >= 11 is 0. The molecule has 0 aromatic rings. The van der Waals surface area contributed by atoms with E-state index in [1.54, 1.807) is 0 Å². The van der Waals surface area contributed by atoms with Gasteiger partial charge in [0.2, 0.25) is 0 Å². The Bertz CT molecular complexity index is 261. The van der Waals surface area contributed by atoms with E-state index in [0.29, 0.717) is 12.6 Å². The lowest BCUT2D eigenvalue weighted by atomic mass is 10.2. The Morgan fingerprint density at radius 2 is 2.15 bits per heavy atom. The summed E-state index contributed by atoms with van der Waals surface area (Å²) in [5.74, 6) is 0.323. The first kappa shape index (κ1) is 10.9. The molecule has 0 aromatic carbocycles. The van der Waals surface area contributed by atoms with Crippen molar-refractivity contribution in [2.75, 3.05) is 24.7 Å². The van der Waals surface area contributed by atoms with Crippen LogP contribution in [0.2, 0.25) is 0 Å². The molecule has 0 saturated carbocycles. The van der Waals surface area contributed by atoms with Gasteiger partial charge in [-0.15, -0.1) is 0 Å². The number of nitrogens with zero attached hydrogens (tertiary/aromatic N) is 1. The summed E-state index contributed by atoms with van der Waals surface area (Å²) in [5, 5.41) is 9.04. The van der Waals surface area contributed by atoms with E-state index < -0.39 is 9.84 Å². The summed E-state index contributed by atoms with van der Waals surface area (Å²) < 4.78 is 22.5. The van der Waals surface area contributed by atoms with Crippen molar-refractivity contribution in [1.82, 2.24) is 4.90 Å². The molecule has 0 aliphatic carbocycles. The molecule has 0 unspecified atom stereocenters. The predicted octanol–water partition coefficient (Wildman–Crippen LogP) is -0.514. The second-order valence-electron chi connectivity index (χ2n) is 3.78. The molecule has 0 amide bonds. The topological polar surface area (TPSA) is 57.6 Å². The zero-order chi connectivity index (χ0) is 10.1. The first-order valence-electron chi connectivity index (χ1n) is 4.53. The standard InChI is InChI=1S/C8H17NO3S/c1-7(2)9-3-4-13(11,12)6-8(9)5-10/h7-8,10H,3-6H2,1-2H3/t8-/m0/s1. The van der Waals surface area contributed by atoms with Crippen LogP contribution in [-0.4, -0.2) is 55.2 Å². The summed E-state index contributed by atoms with van der Waals surface area (Å²) in [6, 6.07) is 0.0893. The molecule has 78 valence electrons. The minimum atomic E-state index is -2.91. The van der Waals surface area contributed by atoms with Gasteiger partial charge < -0.3 is 5.11 Å². The molecule has 1 aliphatic heterocycles. The zero-order valence-corrected chi connectivity index (χ0v) is 8.92. The van der Waals surface area contributed by atoms with Crippen molar-refractivity contribution in [3.8, 4) is 0 Å². The molecule has 4 nitrogen and oxygen atoms in total. The highest BCUT2D eigenvalue weighted by molar-refractivity contribution is 7.91. The molecule has 13 heavy (non-hydrogen) atoms. The quantitative estimate of drug-likeness (QED) is 0.662. The molecule has 1 rings (SSSR count). The molecule has 0 spiro atoms. The van der Waals surface area contributed by atoms with Crippen molar-refractivity contribution in [2.24, 2.45) is 0 Å². The fraction of sp³-hybridized carbons (Fsp3) is 1.00. The molecule has 1 fully saturated rings. The van der Waals surface area contributed by atoms with Crippen molar-refractivity contribution >= 4 is 9.84 Å². The van der Waals surface area contributed by atoms with Crippen LogP contribution < -0.4 is 0 Å². The normalized spacial score (nSPS) is 29.4. The molecule has 0 bridgehead atoms. The lowest BCUT2D eigenvalue weighted by Gasteiger charge is -2.37. The molecule has 1 atom stereocenters. The van der Waals surface area contributed by atoms with Gasteiger partial charge >= 0.3 is 0 Å². The van der Waals surface area contributed by atoms with Gasteiger partial charge in [0.1, 0.15) is 0 Å². The fourth-order valence-corrected chi connectivity index (χ4v) is 3.28. The first-order chi connectivity index (χ1) is 5.96. The highest BCUT2D eigenvalue weighted by Gasteiger charge is 2.31. The second-order valence-corrected chi connectivity index (χ2v) is 6.01. The number of hydrogen-bond acceptors (Lipinski definition) is 4. The van der Waals surface area contributed by atoms with Gasteiger partial charge in [0.25, 0.3) is 0 Å². The van der Waals surface area contributed by atoms with E-state index in [1.807, 2.05) is 18.7 Å². The summed E-state index contributed by atoms with van der Waals surface area (Å²) in [6.45, 7) is 4.50. The van der Waals surface area contributed by atoms with Gasteiger partial charge in [-0.05, 0) is 13.8 Å². The van der Waals surface area contributed by atoms with E-state index in [-0.39, 0.29) is 24.2 Å². The minimum absolute atomic E-state index is 0.0720. The third-order valence-corrected chi connectivity index (χ3v) is 4.15. The molecule has 1 saturated heterocycles. The average molecular weight is 207 g/mol. The third-order valence-electron chi connectivity index (χ3n) is 2.45. The number of hydrogen-bond donors (Lipinski definition) is 1. The Hall–Kier alpha value is -0.130. The van der Waals surface area contributed by atoms with E-state index in [0.717, 1.165) is 0 Å². The Labute approximate surface area is 79.5 Å². The molecule has 0 aromatic heterocycles. The number of sulfone groups is 1. The van der Waals surface area contributed by atoms with Gasteiger partial charge in [0.05, 0.1) is 18.1 Å². The Balaban J connectivity index is 2.72. The van der Waals surface area contributed by atoms with Crippen LogP contribution in [0.3, 0.4) is 0 Å². The van der Waals surface area contributed by atoms with E-state index in [9.17, 15) is 8.42 Å². The smallest absolute Gasteiger partial charge is 0.153 e. The van der Waals surface area contributed by atoms with Gasteiger partial charge in [-0.1, -0.05) is 0 Å². The molecule has 5 heteroatoms. The van der Waals surface area contributed by atoms with Crippen LogP contribution in [0, 0.1) is 0 Å². The summed E-state index contributed by atoms with van der Waals surface area (Å²) in [6.07, 6.45) is 0. The van der Waals surface area contributed by atoms with E-state index in [4.69, 9.17) is 5.11 Å². The van der Waals surface area contributed by atoms with Gasteiger partial charge in [0, 0.05) is 18.6 Å². The fourth-order valence-electron chi connectivity index (χ4n) is 1.74. The van der Waals surface area contributed by atoms with Crippen LogP contribution in [0.1, 0.15) is 13.8 Å². The molecular weight excluding hydrogens is 190 g/mol. The third kappa shape index (κ3) is 2.65. The second kappa shape index (κ2) is 3.94. The first-order valence-corrected chi connectivity index (χ1v) is 6.35. The van der Waals surface area contributed by atoms with Gasteiger partial charge in [0.15, 0.2) is 9.84 Å². The Morgan fingerprint density at radius 1 is 1.54 bits per heavy atom. The molecule has 0 radical (unpaired) electrons. The summed E-state index contributed by atoms with van der Waals surface area (Å²) in [7, 11) is -2.91. The largest absolute Gasteiger partial charge is 0.395 e.